The van der Waals surface area contributed by atoms with Crippen molar-refractivity contribution in [1.82, 2.24) is 9.97 Å². The van der Waals surface area contributed by atoms with E-state index in [0.717, 1.165) is 55.4 Å². The molecular weight excluding hydrogens is 490 g/mol. The number of hydrogen-bond acceptors (Lipinski definition) is 4. The minimum absolute atomic E-state index is 0.0700. The van der Waals surface area contributed by atoms with E-state index in [1.165, 1.54) is 0 Å². The second-order valence-electron chi connectivity index (χ2n) is 9.65. The molecule has 0 bridgehead atoms. The van der Waals surface area contributed by atoms with Crippen molar-refractivity contribution in [2.75, 3.05) is 19.0 Å². The fraction of sp³-hybridized carbons (Fsp3) is 0.0938. The van der Waals surface area contributed by atoms with Crippen LogP contribution in [0.15, 0.2) is 114 Å². The Morgan fingerprint density at radius 2 is 1.47 bits per heavy atom. The van der Waals surface area contributed by atoms with Crippen LogP contribution in [0.4, 0.5) is 5.69 Å². The molecule has 2 aromatic heterocycles. The highest BCUT2D eigenvalue weighted by Crippen LogP contribution is 2.41. The van der Waals surface area contributed by atoms with Gasteiger partial charge in [-0.25, -0.2) is 13.4 Å². The van der Waals surface area contributed by atoms with Crippen LogP contribution in [0.5, 0.6) is 0 Å². The maximum atomic E-state index is 13.1. The third-order valence-electron chi connectivity index (χ3n) is 6.90. The Morgan fingerprint density at radius 1 is 0.789 bits per heavy atom. The minimum Gasteiger partial charge on any atom is -0.378 e. The molecule has 0 atom stereocenters. The Kier molecular flexibility index (Phi) is 5.97. The van der Waals surface area contributed by atoms with Crippen LogP contribution in [0, 0.1) is 0 Å². The molecule has 5 nitrogen and oxygen atoms in total. The van der Waals surface area contributed by atoms with Crippen LogP contribution in [-0.4, -0.2) is 32.5 Å². The number of H-pyrrole nitrogens is 1. The van der Waals surface area contributed by atoms with Crippen LogP contribution in [-0.2, 0) is 15.6 Å². The molecule has 0 fully saturated rings. The lowest BCUT2D eigenvalue weighted by Gasteiger charge is -2.15. The van der Waals surface area contributed by atoms with Gasteiger partial charge in [0.05, 0.1) is 10.6 Å². The third kappa shape index (κ3) is 4.33. The highest BCUT2D eigenvalue weighted by atomic mass is 32.2. The number of rotatable bonds is 6. The van der Waals surface area contributed by atoms with Gasteiger partial charge in [-0.05, 0) is 53.1 Å². The summed E-state index contributed by atoms with van der Waals surface area (Å²) in [7, 11) is 0.582. The van der Waals surface area contributed by atoms with E-state index in [2.05, 4.69) is 46.3 Å². The van der Waals surface area contributed by atoms with E-state index < -0.39 is 9.84 Å². The lowest BCUT2D eigenvalue weighted by atomic mass is 9.92. The molecule has 0 spiro atoms. The van der Waals surface area contributed by atoms with Crippen molar-refractivity contribution >= 4 is 37.5 Å². The maximum Gasteiger partial charge on any atom is 0.182 e. The lowest BCUT2D eigenvalue weighted by Crippen LogP contribution is -2.07. The van der Waals surface area contributed by atoms with Crippen molar-refractivity contribution < 1.29 is 8.42 Å². The van der Waals surface area contributed by atoms with Crippen molar-refractivity contribution in [3.8, 4) is 22.3 Å². The minimum atomic E-state index is -3.47. The number of aromatic amines is 1. The summed E-state index contributed by atoms with van der Waals surface area (Å²) in [5.74, 6) is -0.0700. The fourth-order valence-electron chi connectivity index (χ4n) is 4.99. The highest BCUT2D eigenvalue weighted by Gasteiger charge is 2.19. The molecule has 4 aromatic carbocycles. The van der Waals surface area contributed by atoms with Crippen LogP contribution in [0.2, 0.25) is 0 Å². The van der Waals surface area contributed by atoms with E-state index in [0.29, 0.717) is 4.90 Å². The van der Waals surface area contributed by atoms with Gasteiger partial charge in [-0.1, -0.05) is 66.7 Å². The molecule has 0 unspecified atom stereocenters. The van der Waals surface area contributed by atoms with E-state index in [1.807, 2.05) is 62.8 Å². The van der Waals surface area contributed by atoms with Crippen molar-refractivity contribution in [2.24, 2.45) is 0 Å². The van der Waals surface area contributed by atoms with Gasteiger partial charge in [-0.2, -0.15) is 0 Å². The van der Waals surface area contributed by atoms with Gasteiger partial charge in [0.15, 0.2) is 9.84 Å². The number of pyridine rings is 1. The largest absolute Gasteiger partial charge is 0.378 e. The molecule has 0 aliphatic carbocycles. The number of hydrogen-bond donors (Lipinski definition) is 1. The van der Waals surface area contributed by atoms with E-state index >= 15 is 0 Å². The average molecular weight is 518 g/mol. The standard InChI is InChI=1S/C32H27N3O2S/c1-35(2)25-16-14-23(15-17-25)28-20-33-32-31(30(28)24-9-5-3-6-10-24)27-19-22(13-18-29(27)34-32)21-38(36,37)26-11-7-4-8-12-26/h3-20H,21H2,1-2H3,(H,33,34). The summed E-state index contributed by atoms with van der Waals surface area (Å²) < 4.78 is 26.2. The first-order valence-corrected chi connectivity index (χ1v) is 14.1. The number of benzene rings is 4. The van der Waals surface area contributed by atoms with Crippen LogP contribution in [0.3, 0.4) is 0 Å². The Balaban J connectivity index is 1.56. The molecule has 0 saturated heterocycles. The SMILES string of the molecule is CN(C)c1ccc(-c2cnc3[nH]c4ccc(CS(=O)(=O)c5ccccc5)cc4c3c2-c2ccccc2)cc1. The molecule has 0 aliphatic rings. The molecule has 0 radical (unpaired) electrons. The maximum absolute atomic E-state index is 13.1. The van der Waals surface area contributed by atoms with Crippen LogP contribution in [0.25, 0.3) is 44.2 Å². The lowest BCUT2D eigenvalue weighted by molar-refractivity contribution is 0.595. The predicted molar refractivity (Wildman–Crippen MR) is 156 cm³/mol. The number of nitrogens with one attached hydrogen (secondary N) is 1. The summed E-state index contributed by atoms with van der Waals surface area (Å²) in [5, 5.41) is 1.94. The topological polar surface area (TPSA) is 66.1 Å². The van der Waals surface area contributed by atoms with Gasteiger partial charge in [0.25, 0.3) is 0 Å². The van der Waals surface area contributed by atoms with Gasteiger partial charge >= 0.3 is 0 Å². The summed E-state index contributed by atoms with van der Waals surface area (Å²) in [6.07, 6.45) is 1.92. The Morgan fingerprint density at radius 3 is 2.16 bits per heavy atom. The molecule has 38 heavy (non-hydrogen) atoms. The molecule has 1 N–H and O–H groups in total. The van der Waals surface area contributed by atoms with Crippen molar-refractivity contribution in [1.29, 1.82) is 0 Å². The summed E-state index contributed by atoms with van der Waals surface area (Å²) in [6.45, 7) is 0. The Bertz CT molecular complexity index is 1860. The monoisotopic (exact) mass is 517 g/mol. The quantitative estimate of drug-likeness (QED) is 0.256. The molecule has 2 heterocycles. The number of fused-ring (bicyclic) bond motifs is 3. The molecule has 6 aromatic rings. The molecule has 6 heteroatoms. The number of sulfone groups is 1. The summed E-state index contributed by atoms with van der Waals surface area (Å²) in [6, 6.07) is 33.2. The summed E-state index contributed by atoms with van der Waals surface area (Å²) in [4.78, 5) is 10.7. The number of nitrogens with zero attached hydrogens (tertiary/aromatic N) is 2. The molecule has 188 valence electrons. The predicted octanol–water partition coefficient (Wildman–Crippen LogP) is 7.09. The zero-order valence-corrected chi connectivity index (χ0v) is 22.0. The van der Waals surface area contributed by atoms with Crippen molar-refractivity contribution in [2.45, 2.75) is 10.6 Å². The van der Waals surface area contributed by atoms with Crippen LogP contribution >= 0.6 is 0 Å². The van der Waals surface area contributed by atoms with E-state index in [4.69, 9.17) is 4.98 Å². The molecule has 0 saturated carbocycles. The van der Waals surface area contributed by atoms with Gasteiger partial charge in [0.1, 0.15) is 5.65 Å². The fourth-order valence-corrected chi connectivity index (χ4v) is 6.34. The molecule has 0 amide bonds. The van der Waals surface area contributed by atoms with Crippen LogP contribution in [0.1, 0.15) is 5.56 Å². The first-order valence-electron chi connectivity index (χ1n) is 12.4. The average Bonchev–Trinajstić information content (AvgIpc) is 3.31. The second-order valence-corrected chi connectivity index (χ2v) is 11.6. The normalized spacial score (nSPS) is 11.7. The van der Waals surface area contributed by atoms with E-state index in [-0.39, 0.29) is 5.75 Å². The summed E-state index contributed by atoms with van der Waals surface area (Å²) >= 11 is 0. The van der Waals surface area contributed by atoms with Crippen LogP contribution < -0.4 is 4.90 Å². The van der Waals surface area contributed by atoms with Gasteiger partial charge in [0, 0.05) is 53.4 Å². The smallest absolute Gasteiger partial charge is 0.182 e. The number of anilines is 1. The number of aromatic nitrogens is 2. The third-order valence-corrected chi connectivity index (χ3v) is 8.61. The molecule has 0 aliphatic heterocycles. The zero-order chi connectivity index (χ0) is 26.3. The second kappa shape index (κ2) is 9.47. The van der Waals surface area contributed by atoms with E-state index in [9.17, 15) is 8.42 Å². The van der Waals surface area contributed by atoms with Gasteiger partial charge in [0.2, 0.25) is 0 Å². The van der Waals surface area contributed by atoms with Crippen molar-refractivity contribution in [3.05, 3.63) is 115 Å². The Hall–Kier alpha value is -4.42. The molecular formula is C32H27N3O2S. The summed E-state index contributed by atoms with van der Waals surface area (Å²) in [5.41, 5.74) is 7.80. The first kappa shape index (κ1) is 23.9. The van der Waals surface area contributed by atoms with Crippen molar-refractivity contribution in [3.63, 3.8) is 0 Å². The molecule has 6 rings (SSSR count). The Labute approximate surface area is 222 Å². The van der Waals surface area contributed by atoms with E-state index in [1.54, 1.807) is 24.3 Å². The first-order chi connectivity index (χ1) is 18.4. The van der Waals surface area contributed by atoms with Gasteiger partial charge < -0.3 is 9.88 Å². The van der Waals surface area contributed by atoms with Gasteiger partial charge in [-0.15, -0.1) is 0 Å². The zero-order valence-electron chi connectivity index (χ0n) is 21.2. The van der Waals surface area contributed by atoms with Gasteiger partial charge in [-0.3, -0.25) is 0 Å². The highest BCUT2D eigenvalue weighted by molar-refractivity contribution is 7.90.